The number of hydrogen-bond acceptors (Lipinski definition) is 2. The Morgan fingerprint density at radius 1 is 1.43 bits per heavy atom. The molecule has 0 bridgehead atoms. The summed E-state index contributed by atoms with van der Waals surface area (Å²) in [6, 6.07) is 1.60. The van der Waals surface area contributed by atoms with Crippen LogP contribution in [0.5, 0.6) is 5.75 Å². The van der Waals surface area contributed by atoms with Gasteiger partial charge in [-0.2, -0.15) is 0 Å². The lowest BCUT2D eigenvalue weighted by Crippen LogP contribution is -2.04. The summed E-state index contributed by atoms with van der Waals surface area (Å²) in [6.07, 6.45) is 0. The van der Waals surface area contributed by atoms with E-state index in [1.54, 1.807) is 0 Å². The third-order valence-electron chi connectivity index (χ3n) is 1.47. The molecule has 0 fully saturated rings. The molecule has 76 valence electrons. The van der Waals surface area contributed by atoms with Gasteiger partial charge >= 0.3 is 5.37 Å². The predicted molar refractivity (Wildman–Crippen MR) is 47.8 cm³/mol. The van der Waals surface area contributed by atoms with Crippen LogP contribution in [0, 0.1) is 11.6 Å². The number of hydrogen-bond donors (Lipinski definition) is 1. The van der Waals surface area contributed by atoms with E-state index in [0.29, 0.717) is 0 Å². The Balaban J connectivity index is 3.08. The number of ether oxygens (including phenoxy) is 1. The molecule has 6 heteroatoms. The fraction of sp³-hybridized carbons (Fsp3) is 0.125. The maximum atomic E-state index is 13.1. The molecule has 1 aromatic rings. The zero-order valence-corrected chi connectivity index (χ0v) is 7.86. The standard InChI is InChI=1S/C8H6ClF2NO2/c1-14-7-3-4(10)6(2-5(7)11)12-8(9)13/h2-3H,1H3,(H,12,13). The average molecular weight is 222 g/mol. The van der Waals surface area contributed by atoms with Gasteiger partial charge < -0.3 is 10.1 Å². The summed E-state index contributed by atoms with van der Waals surface area (Å²) in [4.78, 5) is 10.4. The number of methoxy groups -OCH3 is 1. The van der Waals surface area contributed by atoms with Crippen LogP contribution < -0.4 is 10.1 Å². The monoisotopic (exact) mass is 221 g/mol. The first-order valence-electron chi connectivity index (χ1n) is 3.54. The molecule has 3 nitrogen and oxygen atoms in total. The number of carbonyl (C=O) groups is 1. The molecule has 1 N–H and O–H groups in total. The van der Waals surface area contributed by atoms with Gasteiger partial charge in [-0.3, -0.25) is 4.79 Å². The maximum absolute atomic E-state index is 13.1. The van der Waals surface area contributed by atoms with Crippen LogP contribution in [-0.2, 0) is 0 Å². The molecule has 0 aliphatic carbocycles. The lowest BCUT2D eigenvalue weighted by Gasteiger charge is -2.06. The van der Waals surface area contributed by atoms with Gasteiger partial charge in [0.1, 0.15) is 0 Å². The van der Waals surface area contributed by atoms with E-state index in [1.165, 1.54) is 7.11 Å². The molecule has 0 aromatic heterocycles. The van der Waals surface area contributed by atoms with Crippen molar-refractivity contribution in [2.75, 3.05) is 12.4 Å². The van der Waals surface area contributed by atoms with Crippen molar-refractivity contribution in [2.24, 2.45) is 0 Å². The average Bonchev–Trinajstić information content (AvgIpc) is 2.10. The molecule has 0 aliphatic heterocycles. The molecule has 1 rings (SSSR count). The minimum absolute atomic E-state index is 0.241. The maximum Gasteiger partial charge on any atom is 0.318 e. The van der Waals surface area contributed by atoms with E-state index < -0.39 is 17.0 Å². The summed E-state index contributed by atoms with van der Waals surface area (Å²) >= 11 is 4.94. The number of nitrogens with one attached hydrogen (secondary N) is 1. The van der Waals surface area contributed by atoms with Crippen LogP contribution in [0.1, 0.15) is 0 Å². The largest absolute Gasteiger partial charge is 0.494 e. The predicted octanol–water partition coefficient (Wildman–Crippen LogP) is 2.74. The fourth-order valence-electron chi connectivity index (χ4n) is 0.887. The van der Waals surface area contributed by atoms with Crippen LogP contribution in [0.25, 0.3) is 0 Å². The topological polar surface area (TPSA) is 38.3 Å². The van der Waals surface area contributed by atoms with Crippen molar-refractivity contribution in [3.63, 3.8) is 0 Å². The minimum Gasteiger partial charge on any atom is -0.494 e. The van der Waals surface area contributed by atoms with E-state index in [0.717, 1.165) is 12.1 Å². The van der Waals surface area contributed by atoms with Crippen molar-refractivity contribution in [3.8, 4) is 5.75 Å². The highest BCUT2D eigenvalue weighted by molar-refractivity contribution is 6.65. The van der Waals surface area contributed by atoms with Gasteiger partial charge in [-0.05, 0) is 11.6 Å². The molecule has 0 unspecified atom stereocenters. The zero-order valence-electron chi connectivity index (χ0n) is 7.11. The van der Waals surface area contributed by atoms with Crippen molar-refractivity contribution in [1.29, 1.82) is 0 Å². The van der Waals surface area contributed by atoms with E-state index in [-0.39, 0.29) is 11.4 Å². The summed E-state index contributed by atoms with van der Waals surface area (Å²) in [7, 11) is 1.21. The summed E-state index contributed by atoms with van der Waals surface area (Å²) in [5.41, 5.74) is -0.330. The van der Waals surface area contributed by atoms with E-state index >= 15 is 0 Å². The van der Waals surface area contributed by atoms with Crippen LogP contribution in [0.3, 0.4) is 0 Å². The van der Waals surface area contributed by atoms with Gasteiger partial charge in [-0.15, -0.1) is 0 Å². The second-order valence-electron chi connectivity index (χ2n) is 2.37. The Morgan fingerprint density at radius 3 is 2.57 bits per heavy atom. The van der Waals surface area contributed by atoms with Crippen LogP contribution >= 0.6 is 11.6 Å². The van der Waals surface area contributed by atoms with Gasteiger partial charge in [0.2, 0.25) is 0 Å². The number of amides is 1. The van der Waals surface area contributed by atoms with Crippen molar-refractivity contribution in [3.05, 3.63) is 23.8 Å². The minimum atomic E-state index is -0.992. The number of halogens is 3. The number of benzene rings is 1. The summed E-state index contributed by atoms with van der Waals surface area (Å²) in [5.74, 6) is -1.85. The van der Waals surface area contributed by atoms with Gasteiger partial charge in [0.25, 0.3) is 0 Å². The molecule has 0 spiro atoms. The molecule has 0 saturated heterocycles. The van der Waals surface area contributed by atoms with Crippen LogP contribution in [0.15, 0.2) is 12.1 Å². The second-order valence-corrected chi connectivity index (χ2v) is 2.71. The van der Waals surface area contributed by atoms with E-state index in [4.69, 9.17) is 11.6 Å². The van der Waals surface area contributed by atoms with Crippen LogP contribution in [-0.4, -0.2) is 12.5 Å². The van der Waals surface area contributed by atoms with Gasteiger partial charge in [0.05, 0.1) is 12.8 Å². The lowest BCUT2D eigenvalue weighted by atomic mass is 10.3. The summed E-state index contributed by atoms with van der Waals surface area (Å²) in [5, 5.41) is 0.929. The Hall–Kier alpha value is -1.36. The first-order chi connectivity index (χ1) is 6.54. The van der Waals surface area contributed by atoms with Gasteiger partial charge in [0, 0.05) is 12.1 Å². The molecule has 0 saturated carbocycles. The Labute approximate surface area is 83.6 Å². The second kappa shape index (κ2) is 4.23. The summed E-state index contributed by atoms with van der Waals surface area (Å²) < 4.78 is 30.6. The first kappa shape index (κ1) is 10.7. The van der Waals surface area contributed by atoms with Gasteiger partial charge in [-0.25, -0.2) is 8.78 Å². The van der Waals surface area contributed by atoms with Crippen LogP contribution in [0.4, 0.5) is 19.3 Å². The third kappa shape index (κ3) is 2.32. The lowest BCUT2D eigenvalue weighted by molar-refractivity contribution is 0.269. The molecule has 0 radical (unpaired) electrons. The Kier molecular flexibility index (Phi) is 3.24. The van der Waals surface area contributed by atoms with Crippen molar-refractivity contribution in [1.82, 2.24) is 0 Å². The third-order valence-corrected chi connectivity index (χ3v) is 1.57. The molecule has 14 heavy (non-hydrogen) atoms. The molecular formula is C8H6ClF2NO2. The molecular weight excluding hydrogens is 216 g/mol. The fourth-order valence-corrected chi connectivity index (χ4v) is 0.988. The van der Waals surface area contributed by atoms with E-state index in [1.807, 2.05) is 5.32 Å². The van der Waals surface area contributed by atoms with Crippen LogP contribution in [0.2, 0.25) is 0 Å². The number of rotatable bonds is 2. The normalized spacial score (nSPS) is 9.71. The van der Waals surface area contributed by atoms with Crippen molar-refractivity contribution >= 4 is 22.7 Å². The number of anilines is 1. The number of carbonyl (C=O) groups excluding carboxylic acids is 1. The highest BCUT2D eigenvalue weighted by Gasteiger charge is 2.11. The SMILES string of the molecule is COc1cc(F)c(NC(=O)Cl)cc1F. The molecule has 0 heterocycles. The highest BCUT2D eigenvalue weighted by Crippen LogP contribution is 2.24. The quantitative estimate of drug-likeness (QED) is 0.616. The highest BCUT2D eigenvalue weighted by atomic mass is 35.5. The van der Waals surface area contributed by atoms with Crippen molar-refractivity contribution in [2.45, 2.75) is 0 Å². The zero-order chi connectivity index (χ0) is 10.7. The van der Waals surface area contributed by atoms with Gasteiger partial charge in [-0.1, -0.05) is 0 Å². The summed E-state index contributed by atoms with van der Waals surface area (Å²) in [6.45, 7) is 0. The smallest absolute Gasteiger partial charge is 0.318 e. The molecule has 0 atom stereocenters. The molecule has 1 aromatic carbocycles. The molecule has 0 aliphatic rings. The molecule has 1 amide bonds. The van der Waals surface area contributed by atoms with E-state index in [9.17, 15) is 13.6 Å². The van der Waals surface area contributed by atoms with E-state index in [2.05, 4.69) is 4.74 Å². The Bertz CT molecular complexity index is 371. The Morgan fingerprint density at radius 2 is 2.07 bits per heavy atom. The first-order valence-corrected chi connectivity index (χ1v) is 3.92. The van der Waals surface area contributed by atoms with Gasteiger partial charge in [0.15, 0.2) is 17.4 Å². The van der Waals surface area contributed by atoms with Crippen molar-refractivity contribution < 1.29 is 18.3 Å².